The number of carboxylic acid groups (broad SMARTS) is 1. The molecule has 0 aliphatic heterocycles. The van der Waals surface area contributed by atoms with Crippen LogP contribution >= 0.6 is 0 Å². The lowest BCUT2D eigenvalue weighted by Gasteiger charge is -2.16. The van der Waals surface area contributed by atoms with Crippen LogP contribution in [0.4, 0.5) is 4.79 Å². The summed E-state index contributed by atoms with van der Waals surface area (Å²) in [5, 5.41) is 14.1. The van der Waals surface area contributed by atoms with Gasteiger partial charge in [-0.15, -0.1) is 11.8 Å². The summed E-state index contributed by atoms with van der Waals surface area (Å²) >= 11 is 0. The van der Waals surface area contributed by atoms with Crippen LogP contribution in [0.5, 0.6) is 0 Å². The number of urea groups is 1. The highest BCUT2D eigenvalue weighted by molar-refractivity contribution is 5.75. The maximum absolute atomic E-state index is 11.5. The minimum absolute atomic E-state index is 0.00709. The molecule has 0 heterocycles. The van der Waals surface area contributed by atoms with Gasteiger partial charge in [0.15, 0.2) is 0 Å². The first-order chi connectivity index (χ1) is 8.13. The molecule has 0 bridgehead atoms. The molecule has 5 nitrogen and oxygen atoms in total. The minimum Gasteiger partial charge on any atom is -0.481 e. The highest BCUT2D eigenvalue weighted by Gasteiger charge is 2.33. The van der Waals surface area contributed by atoms with Crippen LogP contribution in [0.15, 0.2) is 0 Å². The Morgan fingerprint density at radius 3 is 2.71 bits per heavy atom. The molecule has 3 N–H and O–H groups in total. The minimum atomic E-state index is -0.876. The van der Waals surface area contributed by atoms with Crippen molar-refractivity contribution in [1.29, 1.82) is 0 Å². The van der Waals surface area contributed by atoms with E-state index < -0.39 is 5.97 Å². The molecule has 1 aliphatic carbocycles. The number of rotatable bonds is 6. The molecule has 0 saturated heterocycles. The van der Waals surface area contributed by atoms with Gasteiger partial charge in [-0.1, -0.05) is 0 Å². The molecule has 1 atom stereocenters. The molecule has 1 aliphatic rings. The van der Waals surface area contributed by atoms with Crippen LogP contribution in [-0.2, 0) is 4.79 Å². The smallest absolute Gasteiger partial charge is 0.315 e. The molecule has 1 unspecified atom stereocenters. The average molecular weight is 238 g/mol. The highest BCUT2D eigenvalue weighted by atomic mass is 16.4. The summed E-state index contributed by atoms with van der Waals surface area (Å²) in [7, 11) is 0. The number of carboxylic acids is 1. The van der Waals surface area contributed by atoms with Gasteiger partial charge in [-0.25, -0.2) is 4.79 Å². The number of carbonyl (C=O) groups is 2. The molecule has 0 aromatic heterocycles. The standard InChI is InChI=1S/C12H18N2O3/c1-2-3-4-7-13-12(17)14-10(8-11(15)16)9-5-6-9/h9-10H,4-8H2,1H3,(H,15,16)(H2,13,14,17). The van der Waals surface area contributed by atoms with Crippen LogP contribution < -0.4 is 10.6 Å². The second-order valence-corrected chi connectivity index (χ2v) is 4.12. The second kappa shape index (κ2) is 6.79. The van der Waals surface area contributed by atoms with Crippen LogP contribution in [-0.4, -0.2) is 29.7 Å². The van der Waals surface area contributed by atoms with E-state index in [1.165, 1.54) is 0 Å². The summed E-state index contributed by atoms with van der Waals surface area (Å²) in [5.74, 6) is 5.03. The van der Waals surface area contributed by atoms with Gasteiger partial charge >= 0.3 is 12.0 Å². The van der Waals surface area contributed by atoms with Crippen LogP contribution in [0, 0.1) is 17.8 Å². The summed E-state index contributed by atoms with van der Waals surface area (Å²) in [4.78, 5) is 22.1. The molecule has 0 radical (unpaired) electrons. The van der Waals surface area contributed by atoms with Crippen molar-refractivity contribution < 1.29 is 14.7 Å². The van der Waals surface area contributed by atoms with Crippen molar-refractivity contribution in [2.75, 3.05) is 6.54 Å². The van der Waals surface area contributed by atoms with Crippen molar-refractivity contribution in [3.05, 3.63) is 0 Å². The Labute approximate surface area is 101 Å². The summed E-state index contributed by atoms with van der Waals surface area (Å²) < 4.78 is 0. The van der Waals surface area contributed by atoms with Gasteiger partial charge in [0.1, 0.15) is 0 Å². The summed E-state index contributed by atoms with van der Waals surface area (Å²) in [5.41, 5.74) is 0. The number of hydrogen-bond acceptors (Lipinski definition) is 2. The third-order valence-corrected chi connectivity index (χ3v) is 2.61. The van der Waals surface area contributed by atoms with E-state index in [1.807, 2.05) is 0 Å². The van der Waals surface area contributed by atoms with Crippen molar-refractivity contribution in [3.63, 3.8) is 0 Å². The van der Waals surface area contributed by atoms with Gasteiger partial charge in [0.25, 0.3) is 0 Å². The highest BCUT2D eigenvalue weighted by Crippen LogP contribution is 2.33. The van der Waals surface area contributed by atoms with Gasteiger partial charge in [-0.3, -0.25) is 4.79 Å². The van der Waals surface area contributed by atoms with E-state index in [4.69, 9.17) is 5.11 Å². The van der Waals surface area contributed by atoms with Gasteiger partial charge in [-0.05, 0) is 25.7 Å². The lowest BCUT2D eigenvalue weighted by molar-refractivity contribution is -0.137. The molecule has 17 heavy (non-hydrogen) atoms. The molecule has 94 valence electrons. The fraction of sp³-hybridized carbons (Fsp3) is 0.667. The van der Waals surface area contributed by atoms with Crippen molar-refractivity contribution in [3.8, 4) is 11.8 Å². The van der Waals surface area contributed by atoms with E-state index in [9.17, 15) is 9.59 Å². The summed E-state index contributed by atoms with van der Waals surface area (Å²) in [6.07, 6.45) is 2.60. The van der Waals surface area contributed by atoms with Crippen LogP contribution in [0.25, 0.3) is 0 Å². The van der Waals surface area contributed by atoms with E-state index in [1.54, 1.807) is 6.92 Å². The topological polar surface area (TPSA) is 78.4 Å². The third-order valence-electron chi connectivity index (χ3n) is 2.61. The Balaban J connectivity index is 2.25. The Morgan fingerprint density at radius 1 is 1.47 bits per heavy atom. The predicted molar refractivity (Wildman–Crippen MR) is 63.4 cm³/mol. The van der Waals surface area contributed by atoms with Crippen molar-refractivity contribution in [1.82, 2.24) is 10.6 Å². The summed E-state index contributed by atoms with van der Waals surface area (Å²) in [6.45, 7) is 2.23. The monoisotopic (exact) mass is 238 g/mol. The lowest BCUT2D eigenvalue weighted by atomic mass is 10.1. The maximum atomic E-state index is 11.5. The zero-order valence-electron chi connectivity index (χ0n) is 9.95. The molecular formula is C12H18N2O3. The Bertz CT molecular complexity index is 339. The van der Waals surface area contributed by atoms with E-state index in [-0.39, 0.29) is 18.5 Å². The first-order valence-corrected chi connectivity index (χ1v) is 5.79. The van der Waals surface area contributed by atoms with Crippen LogP contribution in [0.2, 0.25) is 0 Å². The quantitative estimate of drug-likeness (QED) is 0.476. The van der Waals surface area contributed by atoms with Gasteiger partial charge in [-0.2, -0.15) is 0 Å². The van der Waals surface area contributed by atoms with Gasteiger partial charge in [0.05, 0.1) is 6.42 Å². The summed E-state index contributed by atoms with van der Waals surface area (Å²) in [6, 6.07) is -0.550. The van der Waals surface area contributed by atoms with E-state index in [2.05, 4.69) is 22.5 Å². The number of amides is 2. The molecule has 2 amide bonds. The molecule has 5 heteroatoms. The number of carbonyl (C=O) groups excluding carboxylic acids is 1. The third kappa shape index (κ3) is 5.81. The maximum Gasteiger partial charge on any atom is 0.315 e. The van der Waals surface area contributed by atoms with Crippen molar-refractivity contribution in [2.24, 2.45) is 5.92 Å². The number of hydrogen-bond donors (Lipinski definition) is 3. The van der Waals surface area contributed by atoms with E-state index >= 15 is 0 Å². The molecule has 1 fully saturated rings. The molecule has 1 rings (SSSR count). The van der Waals surface area contributed by atoms with Gasteiger partial charge in [0.2, 0.25) is 0 Å². The van der Waals surface area contributed by atoms with Gasteiger partial charge in [0, 0.05) is 19.0 Å². The van der Waals surface area contributed by atoms with Crippen molar-refractivity contribution >= 4 is 12.0 Å². The largest absolute Gasteiger partial charge is 0.481 e. The van der Waals surface area contributed by atoms with E-state index in [0.29, 0.717) is 18.9 Å². The fourth-order valence-corrected chi connectivity index (χ4v) is 1.61. The molecule has 0 spiro atoms. The molecular weight excluding hydrogens is 220 g/mol. The average Bonchev–Trinajstić information content (AvgIpc) is 3.06. The molecule has 0 aromatic carbocycles. The zero-order chi connectivity index (χ0) is 12.7. The molecule has 0 aromatic rings. The normalized spacial score (nSPS) is 15.4. The fourth-order valence-electron chi connectivity index (χ4n) is 1.61. The first kappa shape index (κ1) is 13.4. The van der Waals surface area contributed by atoms with Crippen molar-refractivity contribution in [2.45, 2.75) is 38.6 Å². The van der Waals surface area contributed by atoms with Gasteiger partial charge < -0.3 is 15.7 Å². The van der Waals surface area contributed by atoms with E-state index in [0.717, 1.165) is 12.8 Å². The zero-order valence-corrected chi connectivity index (χ0v) is 9.95. The predicted octanol–water partition coefficient (Wildman–Crippen LogP) is 0.952. The Hall–Kier alpha value is -1.70. The Morgan fingerprint density at radius 2 is 2.18 bits per heavy atom. The molecule has 1 saturated carbocycles. The number of aliphatic carboxylic acids is 1. The number of nitrogens with one attached hydrogen (secondary N) is 2. The second-order valence-electron chi connectivity index (χ2n) is 4.12. The Kier molecular flexibility index (Phi) is 5.34. The first-order valence-electron chi connectivity index (χ1n) is 5.79. The lowest BCUT2D eigenvalue weighted by Crippen LogP contribution is -2.44. The van der Waals surface area contributed by atoms with Crippen LogP contribution in [0.1, 0.15) is 32.6 Å². The SMILES string of the molecule is CC#CCCNC(=O)NC(CC(=O)O)C1CC1. The van der Waals surface area contributed by atoms with Crippen LogP contribution in [0.3, 0.4) is 0 Å².